The molecule has 0 saturated heterocycles. The van der Waals surface area contributed by atoms with Crippen LogP contribution in [0, 0.1) is 13.0 Å². The molecule has 0 aliphatic carbocycles. The summed E-state index contributed by atoms with van der Waals surface area (Å²) in [6, 6.07) is 0. The first kappa shape index (κ1) is 19.6. The number of sulfone groups is 1. The van der Waals surface area contributed by atoms with Crippen LogP contribution in [-0.4, -0.2) is 63.6 Å². The fraction of sp³-hybridized carbons (Fsp3) is 0.700. The van der Waals surface area contributed by atoms with Crippen LogP contribution in [0.1, 0.15) is 12.2 Å². The number of anilines is 1. The number of aromatic nitrogens is 3. The molecule has 13 heteroatoms. The van der Waals surface area contributed by atoms with Crippen molar-refractivity contribution in [2.45, 2.75) is 13.3 Å². The van der Waals surface area contributed by atoms with Crippen LogP contribution < -0.4 is 5.32 Å². The van der Waals surface area contributed by atoms with Gasteiger partial charge >= 0.3 is 16.5 Å². The highest BCUT2D eigenvalue weighted by atomic mass is 32.3. The smallest absolute Gasteiger partial charge is 0.354 e. The van der Waals surface area contributed by atoms with Crippen molar-refractivity contribution in [2.24, 2.45) is 0 Å². The van der Waals surface area contributed by atoms with E-state index in [0.717, 1.165) is 7.11 Å². The molecule has 132 valence electrons. The molecule has 0 spiro atoms. The molecule has 1 rings (SSSR count). The highest BCUT2D eigenvalue weighted by Crippen LogP contribution is 2.02. The van der Waals surface area contributed by atoms with Crippen LogP contribution in [0.3, 0.4) is 0 Å². The number of nitrogens with zero attached hydrogens (tertiary/aromatic N) is 3. The Morgan fingerprint density at radius 2 is 1.83 bits per heavy atom. The van der Waals surface area contributed by atoms with Gasteiger partial charge in [-0.2, -0.15) is 27.8 Å². The molecule has 0 radical (unpaired) electrons. The second kappa shape index (κ2) is 8.42. The van der Waals surface area contributed by atoms with Crippen LogP contribution in [0.2, 0.25) is 0 Å². The fourth-order valence-electron chi connectivity index (χ4n) is 1.43. The van der Waals surface area contributed by atoms with Crippen LogP contribution in [-0.2, 0) is 28.6 Å². The number of halogens is 1. The molecule has 1 aromatic rings. The molecule has 0 fully saturated rings. The normalized spacial score (nSPS) is 12.3. The lowest BCUT2D eigenvalue weighted by Crippen LogP contribution is -2.20. The molecule has 1 aromatic heterocycles. The lowest BCUT2D eigenvalue weighted by molar-refractivity contribution is 0.255. The Balaban J connectivity index is 2.33. The highest BCUT2D eigenvalue weighted by Gasteiger charge is 2.15. The van der Waals surface area contributed by atoms with Crippen molar-refractivity contribution in [3.8, 4) is 0 Å². The maximum atomic E-state index is 12.9. The van der Waals surface area contributed by atoms with Crippen LogP contribution in [0.4, 0.5) is 10.3 Å². The van der Waals surface area contributed by atoms with E-state index in [1.807, 2.05) is 0 Å². The number of rotatable bonds is 10. The zero-order valence-electron chi connectivity index (χ0n) is 12.5. The van der Waals surface area contributed by atoms with E-state index >= 15 is 0 Å². The molecule has 0 saturated carbocycles. The molecule has 0 amide bonds. The van der Waals surface area contributed by atoms with Crippen LogP contribution in [0.15, 0.2) is 0 Å². The fourth-order valence-corrected chi connectivity index (χ4v) is 3.05. The summed E-state index contributed by atoms with van der Waals surface area (Å²) in [5, 5.41) is 2.67. The minimum Gasteiger partial charge on any atom is -0.354 e. The summed E-state index contributed by atoms with van der Waals surface area (Å²) >= 11 is 0. The van der Waals surface area contributed by atoms with Gasteiger partial charge in [-0.05, 0) is 13.3 Å². The van der Waals surface area contributed by atoms with Gasteiger partial charge in [0.1, 0.15) is 5.82 Å². The van der Waals surface area contributed by atoms with Crippen molar-refractivity contribution in [1.29, 1.82) is 0 Å². The topological polar surface area (TPSA) is 137 Å². The molecule has 23 heavy (non-hydrogen) atoms. The third kappa shape index (κ3) is 8.11. The SMILES string of the molecule is COS(=O)(=O)OCCS(=O)(=O)CCCNc1nc(C)nc(F)n1. The van der Waals surface area contributed by atoms with Gasteiger partial charge in [0.15, 0.2) is 9.84 Å². The van der Waals surface area contributed by atoms with E-state index in [0.29, 0.717) is 0 Å². The van der Waals surface area contributed by atoms with E-state index in [1.165, 1.54) is 6.92 Å². The maximum absolute atomic E-state index is 12.9. The van der Waals surface area contributed by atoms with Gasteiger partial charge in [-0.15, -0.1) is 0 Å². The molecular weight excluding hydrogens is 355 g/mol. The van der Waals surface area contributed by atoms with E-state index in [-0.39, 0.29) is 30.5 Å². The third-order valence-electron chi connectivity index (χ3n) is 2.46. The van der Waals surface area contributed by atoms with Gasteiger partial charge in [-0.3, -0.25) is 4.18 Å². The van der Waals surface area contributed by atoms with Gasteiger partial charge in [0, 0.05) is 6.54 Å². The van der Waals surface area contributed by atoms with Crippen molar-refractivity contribution >= 4 is 26.2 Å². The summed E-state index contributed by atoms with van der Waals surface area (Å²) in [6.07, 6.45) is -0.727. The number of nitrogens with one attached hydrogen (secondary N) is 1. The molecule has 0 atom stereocenters. The van der Waals surface area contributed by atoms with Crippen molar-refractivity contribution < 1.29 is 29.6 Å². The second-order valence-electron chi connectivity index (χ2n) is 4.30. The number of hydrogen-bond acceptors (Lipinski definition) is 10. The lowest BCUT2D eigenvalue weighted by atomic mass is 10.5. The average Bonchev–Trinajstić information content (AvgIpc) is 2.42. The summed E-state index contributed by atoms with van der Waals surface area (Å²) in [4.78, 5) is 10.6. The quantitative estimate of drug-likeness (QED) is 0.532. The summed E-state index contributed by atoms with van der Waals surface area (Å²) in [7, 11) is -6.74. The van der Waals surface area contributed by atoms with Crippen molar-refractivity contribution in [1.82, 2.24) is 15.0 Å². The van der Waals surface area contributed by atoms with E-state index in [1.54, 1.807) is 0 Å². The number of hydrogen-bond donors (Lipinski definition) is 1. The predicted molar refractivity (Wildman–Crippen MR) is 78.2 cm³/mol. The molecule has 10 nitrogen and oxygen atoms in total. The Kier molecular flexibility index (Phi) is 7.18. The first-order chi connectivity index (χ1) is 10.6. The molecule has 1 heterocycles. The molecule has 0 bridgehead atoms. The molecule has 0 aliphatic rings. The maximum Gasteiger partial charge on any atom is 0.399 e. The summed E-state index contributed by atoms with van der Waals surface area (Å²) in [6.45, 7) is 1.16. The van der Waals surface area contributed by atoms with Crippen molar-refractivity contribution in [3.63, 3.8) is 0 Å². The average molecular weight is 372 g/mol. The van der Waals surface area contributed by atoms with Gasteiger partial charge in [-0.25, -0.2) is 12.6 Å². The molecule has 0 aliphatic heterocycles. The van der Waals surface area contributed by atoms with Crippen LogP contribution >= 0.6 is 0 Å². The van der Waals surface area contributed by atoms with E-state index in [4.69, 9.17) is 0 Å². The Morgan fingerprint density at radius 1 is 1.13 bits per heavy atom. The van der Waals surface area contributed by atoms with Crippen LogP contribution in [0.25, 0.3) is 0 Å². The standard InChI is InChI=1S/C10H17FN4O6S2/c1-8-13-9(11)15-10(14-8)12-4-3-6-22(16,17)7-5-21-23(18,19)20-2/h3-7H2,1-2H3,(H,12,13,14,15). The molecule has 0 aromatic carbocycles. The molecular formula is C10H17FN4O6S2. The Bertz CT molecular complexity index is 705. The van der Waals surface area contributed by atoms with Crippen molar-refractivity contribution in [3.05, 3.63) is 11.9 Å². The van der Waals surface area contributed by atoms with Gasteiger partial charge in [0.2, 0.25) is 5.95 Å². The number of aryl methyl sites for hydroxylation is 1. The van der Waals surface area contributed by atoms with Gasteiger partial charge in [-0.1, -0.05) is 0 Å². The van der Waals surface area contributed by atoms with Gasteiger partial charge < -0.3 is 5.32 Å². The van der Waals surface area contributed by atoms with Gasteiger partial charge in [0.05, 0.1) is 25.2 Å². The zero-order chi connectivity index (χ0) is 17.5. The summed E-state index contributed by atoms with van der Waals surface area (Å²) in [5.41, 5.74) is 0. The Hall–Kier alpha value is -1.44. The molecule has 0 unspecified atom stereocenters. The lowest BCUT2D eigenvalue weighted by Gasteiger charge is -2.06. The van der Waals surface area contributed by atoms with E-state index in [2.05, 4.69) is 28.6 Å². The second-order valence-corrected chi connectivity index (χ2v) is 7.99. The third-order valence-corrected chi connectivity index (χ3v) is 5.02. The van der Waals surface area contributed by atoms with E-state index < -0.39 is 38.7 Å². The van der Waals surface area contributed by atoms with Crippen molar-refractivity contribution in [2.75, 3.05) is 37.1 Å². The van der Waals surface area contributed by atoms with E-state index in [9.17, 15) is 21.2 Å². The minimum atomic E-state index is -4.15. The predicted octanol–water partition coefficient (Wildman–Crippen LogP) is -0.556. The summed E-state index contributed by atoms with van der Waals surface area (Å²) < 4.78 is 66.3. The first-order valence-corrected chi connectivity index (χ1v) is 9.56. The Labute approximate surface area is 133 Å². The first-order valence-electron chi connectivity index (χ1n) is 6.41. The minimum absolute atomic E-state index is 0.0157. The molecule has 1 N–H and O–H groups in total. The largest absolute Gasteiger partial charge is 0.399 e. The Morgan fingerprint density at radius 3 is 2.43 bits per heavy atom. The monoisotopic (exact) mass is 372 g/mol. The summed E-state index contributed by atoms with van der Waals surface area (Å²) in [5.74, 6) is -0.455. The zero-order valence-corrected chi connectivity index (χ0v) is 14.2. The van der Waals surface area contributed by atoms with Crippen LogP contribution in [0.5, 0.6) is 0 Å². The van der Waals surface area contributed by atoms with Gasteiger partial charge in [0.25, 0.3) is 0 Å². The highest BCUT2D eigenvalue weighted by molar-refractivity contribution is 7.91.